The summed E-state index contributed by atoms with van der Waals surface area (Å²) in [7, 11) is -4.14. The van der Waals surface area contributed by atoms with Crippen LogP contribution in [0.2, 0.25) is 0 Å². The Hall–Kier alpha value is -1.46. The van der Waals surface area contributed by atoms with Gasteiger partial charge in [0, 0.05) is 5.56 Å². The van der Waals surface area contributed by atoms with Crippen LogP contribution in [-0.2, 0) is 15.9 Å². The Kier molecular flexibility index (Phi) is 3.62. The minimum Gasteiger partial charge on any atom is -0.289 e. The summed E-state index contributed by atoms with van der Waals surface area (Å²) in [6.07, 6.45) is 1.12. The molecule has 0 bridgehead atoms. The average molecular weight is 240 g/mol. The van der Waals surface area contributed by atoms with Crippen LogP contribution in [0.25, 0.3) is 0 Å². The van der Waals surface area contributed by atoms with Gasteiger partial charge in [0.05, 0.1) is 0 Å². The maximum atomic E-state index is 11.5. The molecule has 1 aromatic carbocycles. The van der Waals surface area contributed by atoms with Crippen molar-refractivity contribution in [3.63, 3.8) is 0 Å². The lowest BCUT2D eigenvalue weighted by atomic mass is 9.99. The topological polar surface area (TPSA) is 71.4 Å². The van der Waals surface area contributed by atoms with Crippen molar-refractivity contribution in [3.05, 3.63) is 47.5 Å². The summed E-state index contributed by atoms with van der Waals surface area (Å²) in [5, 5.41) is 0. The fourth-order valence-electron chi connectivity index (χ4n) is 1.50. The number of benzene rings is 1. The normalized spacial score (nSPS) is 11.1. The smallest absolute Gasteiger partial charge is 0.269 e. The van der Waals surface area contributed by atoms with E-state index in [0.29, 0.717) is 5.56 Å². The number of ketones is 1. The number of allylic oxidation sites excluding steroid dienone is 1. The molecule has 1 rings (SSSR count). The number of hydrogen-bond donors (Lipinski definition) is 1. The second-order valence-corrected chi connectivity index (χ2v) is 4.86. The summed E-state index contributed by atoms with van der Waals surface area (Å²) in [6, 6.07) is 4.83. The van der Waals surface area contributed by atoms with Crippen molar-refractivity contribution >= 4 is 15.9 Å². The van der Waals surface area contributed by atoms with Crippen molar-refractivity contribution in [2.75, 3.05) is 0 Å². The van der Waals surface area contributed by atoms with Crippen molar-refractivity contribution < 1.29 is 17.8 Å². The lowest BCUT2D eigenvalue weighted by Gasteiger charge is -2.08. The quantitative estimate of drug-likeness (QED) is 0.494. The van der Waals surface area contributed by atoms with Crippen LogP contribution in [0.15, 0.2) is 30.9 Å². The first-order chi connectivity index (χ1) is 7.35. The monoisotopic (exact) mass is 240 g/mol. The van der Waals surface area contributed by atoms with Gasteiger partial charge in [-0.1, -0.05) is 24.8 Å². The van der Waals surface area contributed by atoms with Crippen LogP contribution < -0.4 is 0 Å². The third kappa shape index (κ3) is 3.01. The van der Waals surface area contributed by atoms with E-state index in [4.69, 9.17) is 4.55 Å². The summed E-state index contributed by atoms with van der Waals surface area (Å²) >= 11 is 0. The maximum absolute atomic E-state index is 11.5. The van der Waals surface area contributed by atoms with Crippen molar-refractivity contribution in [3.8, 4) is 0 Å². The summed E-state index contributed by atoms with van der Waals surface area (Å²) in [5.41, 5.74) is 1.23. The van der Waals surface area contributed by atoms with E-state index in [9.17, 15) is 13.2 Å². The Morgan fingerprint density at radius 1 is 1.50 bits per heavy atom. The standard InChI is InChI=1S/C11H12O4S/c1-3-10(12)11-8(2)5-4-6-9(11)7-16(13,14)15/h3-6H,1,7H2,2H3,(H,13,14,15). The molecule has 0 radical (unpaired) electrons. The second kappa shape index (κ2) is 4.59. The highest BCUT2D eigenvalue weighted by Crippen LogP contribution is 2.17. The number of rotatable bonds is 4. The fraction of sp³-hybridized carbons (Fsp3) is 0.182. The lowest BCUT2D eigenvalue weighted by molar-refractivity contribution is 0.104. The van der Waals surface area contributed by atoms with Gasteiger partial charge in [-0.2, -0.15) is 8.42 Å². The Labute approximate surface area is 94.4 Å². The van der Waals surface area contributed by atoms with E-state index in [1.165, 1.54) is 6.07 Å². The number of carbonyl (C=O) groups excluding carboxylic acids is 1. The first kappa shape index (κ1) is 12.6. The SMILES string of the molecule is C=CC(=O)c1c(C)cccc1CS(=O)(=O)O. The summed E-state index contributed by atoms with van der Waals surface area (Å²) in [4.78, 5) is 11.5. The molecule has 1 aromatic rings. The van der Waals surface area contributed by atoms with Gasteiger partial charge in [0.25, 0.3) is 10.1 Å². The summed E-state index contributed by atoms with van der Waals surface area (Å²) < 4.78 is 30.4. The van der Waals surface area contributed by atoms with Gasteiger partial charge in [-0.15, -0.1) is 0 Å². The number of hydrogen-bond acceptors (Lipinski definition) is 3. The molecule has 16 heavy (non-hydrogen) atoms. The second-order valence-electron chi connectivity index (χ2n) is 3.40. The zero-order chi connectivity index (χ0) is 12.3. The van der Waals surface area contributed by atoms with Crippen LogP contribution >= 0.6 is 0 Å². The van der Waals surface area contributed by atoms with E-state index >= 15 is 0 Å². The molecular weight excluding hydrogens is 228 g/mol. The predicted octanol–water partition coefficient (Wildman–Crippen LogP) is 1.75. The van der Waals surface area contributed by atoms with Gasteiger partial charge in [0.2, 0.25) is 0 Å². The van der Waals surface area contributed by atoms with Crippen LogP contribution in [0.4, 0.5) is 0 Å². The Morgan fingerprint density at radius 2 is 2.12 bits per heavy atom. The van der Waals surface area contributed by atoms with E-state index in [-0.39, 0.29) is 16.9 Å². The van der Waals surface area contributed by atoms with Crippen LogP contribution in [0.3, 0.4) is 0 Å². The molecule has 5 heteroatoms. The fourth-order valence-corrected chi connectivity index (χ4v) is 2.13. The van der Waals surface area contributed by atoms with Crippen LogP contribution in [0, 0.1) is 6.92 Å². The molecule has 1 N–H and O–H groups in total. The predicted molar refractivity (Wildman–Crippen MR) is 61.0 cm³/mol. The molecule has 0 saturated carbocycles. The highest BCUT2D eigenvalue weighted by atomic mass is 32.2. The van der Waals surface area contributed by atoms with Crippen LogP contribution in [0.5, 0.6) is 0 Å². The molecule has 0 unspecified atom stereocenters. The molecule has 0 fully saturated rings. The Morgan fingerprint density at radius 3 is 2.62 bits per heavy atom. The largest absolute Gasteiger partial charge is 0.289 e. The summed E-state index contributed by atoms with van der Waals surface area (Å²) in [6.45, 7) is 5.05. The van der Waals surface area contributed by atoms with Crippen LogP contribution in [0.1, 0.15) is 21.5 Å². The third-order valence-corrected chi connectivity index (χ3v) is 2.80. The van der Waals surface area contributed by atoms with Gasteiger partial charge < -0.3 is 0 Å². The maximum Gasteiger partial charge on any atom is 0.269 e. The van der Waals surface area contributed by atoms with E-state index < -0.39 is 15.9 Å². The molecule has 0 spiro atoms. The molecule has 0 aromatic heterocycles. The zero-order valence-corrected chi connectivity index (χ0v) is 9.62. The Bertz CT molecular complexity index is 529. The minimum atomic E-state index is -4.14. The first-order valence-electron chi connectivity index (χ1n) is 4.55. The van der Waals surface area contributed by atoms with Crippen molar-refractivity contribution in [2.24, 2.45) is 0 Å². The minimum absolute atomic E-state index is 0.285. The van der Waals surface area contributed by atoms with Crippen molar-refractivity contribution in [1.82, 2.24) is 0 Å². The van der Waals surface area contributed by atoms with E-state index in [1.54, 1.807) is 19.1 Å². The molecule has 4 nitrogen and oxygen atoms in total. The highest BCUT2D eigenvalue weighted by molar-refractivity contribution is 7.85. The Balaban J connectivity index is 3.34. The molecule has 0 aliphatic heterocycles. The highest BCUT2D eigenvalue weighted by Gasteiger charge is 2.15. The van der Waals surface area contributed by atoms with E-state index in [0.717, 1.165) is 6.08 Å². The van der Waals surface area contributed by atoms with Crippen LogP contribution in [-0.4, -0.2) is 18.8 Å². The zero-order valence-electron chi connectivity index (χ0n) is 8.80. The molecular formula is C11H12O4S. The number of aryl methyl sites for hydroxylation is 1. The van der Waals surface area contributed by atoms with Gasteiger partial charge in [-0.3, -0.25) is 9.35 Å². The van der Waals surface area contributed by atoms with Gasteiger partial charge in [-0.05, 0) is 24.1 Å². The molecule has 86 valence electrons. The molecule has 0 aliphatic carbocycles. The van der Waals surface area contributed by atoms with E-state index in [2.05, 4.69) is 6.58 Å². The number of carbonyl (C=O) groups is 1. The van der Waals surface area contributed by atoms with Crippen molar-refractivity contribution in [2.45, 2.75) is 12.7 Å². The lowest BCUT2D eigenvalue weighted by Crippen LogP contribution is -2.09. The van der Waals surface area contributed by atoms with Crippen molar-refractivity contribution in [1.29, 1.82) is 0 Å². The van der Waals surface area contributed by atoms with Gasteiger partial charge in [0.15, 0.2) is 5.78 Å². The van der Waals surface area contributed by atoms with Gasteiger partial charge in [-0.25, -0.2) is 0 Å². The molecule has 0 amide bonds. The third-order valence-electron chi connectivity index (χ3n) is 2.13. The molecule has 0 atom stereocenters. The van der Waals surface area contributed by atoms with Gasteiger partial charge >= 0.3 is 0 Å². The molecule has 0 heterocycles. The first-order valence-corrected chi connectivity index (χ1v) is 6.16. The molecule has 0 saturated heterocycles. The van der Waals surface area contributed by atoms with E-state index in [1.807, 2.05) is 0 Å². The average Bonchev–Trinajstić information content (AvgIpc) is 2.14. The summed E-state index contributed by atoms with van der Waals surface area (Å²) in [5.74, 6) is -0.916. The molecule has 0 aliphatic rings. The van der Waals surface area contributed by atoms with Gasteiger partial charge in [0.1, 0.15) is 5.75 Å².